The Kier molecular flexibility index (Phi) is 5.22. The van der Waals surface area contributed by atoms with Crippen LogP contribution in [-0.2, 0) is 10.0 Å². The predicted octanol–water partition coefficient (Wildman–Crippen LogP) is 2.95. The maximum atomic E-state index is 12.3. The summed E-state index contributed by atoms with van der Waals surface area (Å²) in [5.41, 5.74) is -0.184. The lowest BCUT2D eigenvalue weighted by atomic mass is 10.1. The van der Waals surface area contributed by atoms with Crippen LogP contribution >= 0.6 is 0 Å². The predicted molar refractivity (Wildman–Crippen MR) is 66.0 cm³/mol. The number of alkyl halides is 2. The molecule has 1 aromatic rings. The molecule has 0 aliphatic heterocycles. The van der Waals surface area contributed by atoms with Gasteiger partial charge in [-0.3, -0.25) is 0 Å². The molecule has 1 N–H and O–H groups in total. The van der Waals surface area contributed by atoms with E-state index < -0.39 is 16.4 Å². The molecule has 0 saturated heterocycles. The van der Waals surface area contributed by atoms with Crippen LogP contribution in [0.15, 0.2) is 29.2 Å². The molecule has 102 valence electrons. The van der Waals surface area contributed by atoms with Gasteiger partial charge >= 0.3 is 0 Å². The molecule has 6 heteroatoms. The van der Waals surface area contributed by atoms with Crippen molar-refractivity contribution < 1.29 is 17.2 Å². The first-order chi connectivity index (χ1) is 8.33. The second kappa shape index (κ2) is 6.24. The lowest BCUT2D eigenvalue weighted by Gasteiger charge is -2.08. The van der Waals surface area contributed by atoms with Crippen molar-refractivity contribution in [3.05, 3.63) is 29.8 Å². The lowest BCUT2D eigenvalue weighted by Crippen LogP contribution is -2.25. The van der Waals surface area contributed by atoms with Crippen LogP contribution in [0.3, 0.4) is 0 Å². The van der Waals surface area contributed by atoms with E-state index in [0.29, 0.717) is 12.5 Å². The summed E-state index contributed by atoms with van der Waals surface area (Å²) < 4.78 is 50.7. The molecule has 0 bridgehead atoms. The number of hydrogen-bond acceptors (Lipinski definition) is 2. The molecule has 0 spiro atoms. The standard InChI is InChI=1S/C12H17F2NO2S/c1-9(2)7-8-15-18(16,17)11-5-3-10(4-6-11)12(13)14/h3-6,9,12,15H,7-8H2,1-2H3. The molecule has 0 amide bonds. The number of nitrogens with one attached hydrogen (secondary N) is 1. The minimum Gasteiger partial charge on any atom is -0.211 e. The molecular formula is C12H17F2NO2S. The largest absolute Gasteiger partial charge is 0.263 e. The Bertz CT molecular complexity index is 469. The molecule has 1 aromatic carbocycles. The quantitative estimate of drug-likeness (QED) is 0.869. The normalized spacial score (nSPS) is 12.3. The van der Waals surface area contributed by atoms with Gasteiger partial charge in [-0.25, -0.2) is 21.9 Å². The fourth-order valence-corrected chi connectivity index (χ4v) is 2.41. The molecule has 0 aliphatic rings. The van der Waals surface area contributed by atoms with Gasteiger partial charge in [-0.2, -0.15) is 0 Å². The fraction of sp³-hybridized carbons (Fsp3) is 0.500. The van der Waals surface area contributed by atoms with Crippen LogP contribution in [0.5, 0.6) is 0 Å². The van der Waals surface area contributed by atoms with Crippen LogP contribution in [-0.4, -0.2) is 15.0 Å². The zero-order chi connectivity index (χ0) is 13.8. The Morgan fingerprint density at radius 2 is 1.72 bits per heavy atom. The van der Waals surface area contributed by atoms with Crippen LogP contribution < -0.4 is 4.72 Å². The summed E-state index contributed by atoms with van der Waals surface area (Å²) in [5, 5.41) is 0. The van der Waals surface area contributed by atoms with E-state index in [1.165, 1.54) is 12.1 Å². The van der Waals surface area contributed by atoms with Gasteiger partial charge < -0.3 is 0 Å². The summed E-state index contributed by atoms with van der Waals surface area (Å²) in [7, 11) is -3.59. The fourth-order valence-electron chi connectivity index (χ4n) is 1.36. The highest BCUT2D eigenvalue weighted by atomic mass is 32.2. The monoisotopic (exact) mass is 277 g/mol. The highest BCUT2D eigenvalue weighted by Gasteiger charge is 2.14. The summed E-state index contributed by atoms with van der Waals surface area (Å²) in [4.78, 5) is 0.00987. The Balaban J connectivity index is 2.73. The first-order valence-corrected chi connectivity index (χ1v) is 7.19. The average molecular weight is 277 g/mol. The molecule has 0 saturated carbocycles. The molecule has 0 aromatic heterocycles. The summed E-state index contributed by atoms with van der Waals surface area (Å²) in [6, 6.07) is 4.64. The summed E-state index contributed by atoms with van der Waals surface area (Å²) >= 11 is 0. The minimum absolute atomic E-state index is 0.00987. The molecule has 18 heavy (non-hydrogen) atoms. The molecule has 0 aliphatic carbocycles. The van der Waals surface area contributed by atoms with Gasteiger partial charge in [0.2, 0.25) is 10.0 Å². The molecule has 3 nitrogen and oxygen atoms in total. The van der Waals surface area contributed by atoms with E-state index in [0.717, 1.165) is 18.6 Å². The molecule has 0 unspecified atom stereocenters. The Morgan fingerprint density at radius 1 is 1.17 bits per heavy atom. The SMILES string of the molecule is CC(C)CCNS(=O)(=O)c1ccc(C(F)F)cc1. The van der Waals surface area contributed by atoms with Crippen molar-refractivity contribution in [2.45, 2.75) is 31.6 Å². The number of rotatable bonds is 6. The molecular weight excluding hydrogens is 260 g/mol. The van der Waals surface area contributed by atoms with Crippen molar-refractivity contribution in [1.29, 1.82) is 0 Å². The number of benzene rings is 1. The Morgan fingerprint density at radius 3 is 2.17 bits per heavy atom. The number of halogens is 2. The van der Waals surface area contributed by atoms with Crippen LogP contribution in [0.4, 0.5) is 8.78 Å². The van der Waals surface area contributed by atoms with Gasteiger partial charge in [0.05, 0.1) is 4.90 Å². The van der Waals surface area contributed by atoms with E-state index in [4.69, 9.17) is 0 Å². The minimum atomic E-state index is -3.59. The second-order valence-electron chi connectivity index (χ2n) is 4.45. The third-order valence-electron chi connectivity index (χ3n) is 2.46. The zero-order valence-corrected chi connectivity index (χ0v) is 11.2. The molecule has 0 heterocycles. The van der Waals surface area contributed by atoms with Crippen molar-refractivity contribution in [2.24, 2.45) is 5.92 Å². The van der Waals surface area contributed by atoms with Crippen molar-refractivity contribution in [1.82, 2.24) is 4.72 Å². The van der Waals surface area contributed by atoms with E-state index in [9.17, 15) is 17.2 Å². The number of hydrogen-bond donors (Lipinski definition) is 1. The lowest BCUT2D eigenvalue weighted by molar-refractivity contribution is 0.151. The van der Waals surface area contributed by atoms with Gasteiger partial charge in [0.15, 0.2) is 0 Å². The molecule has 1 rings (SSSR count). The topological polar surface area (TPSA) is 46.2 Å². The van der Waals surface area contributed by atoms with E-state index >= 15 is 0 Å². The molecule has 0 atom stereocenters. The van der Waals surface area contributed by atoms with Crippen LogP contribution in [0.1, 0.15) is 32.3 Å². The van der Waals surface area contributed by atoms with Gasteiger partial charge in [0.25, 0.3) is 6.43 Å². The molecule has 0 radical (unpaired) electrons. The first kappa shape index (κ1) is 15.0. The maximum Gasteiger partial charge on any atom is 0.263 e. The van der Waals surface area contributed by atoms with E-state index in [2.05, 4.69) is 4.72 Å². The highest BCUT2D eigenvalue weighted by Crippen LogP contribution is 2.20. The van der Waals surface area contributed by atoms with Crippen molar-refractivity contribution >= 4 is 10.0 Å². The Hall–Kier alpha value is -1.01. The zero-order valence-electron chi connectivity index (χ0n) is 10.4. The summed E-state index contributed by atoms with van der Waals surface area (Å²) in [5.74, 6) is 0.397. The van der Waals surface area contributed by atoms with Crippen molar-refractivity contribution in [3.8, 4) is 0 Å². The first-order valence-electron chi connectivity index (χ1n) is 5.70. The van der Waals surface area contributed by atoms with E-state index in [1.54, 1.807) is 0 Å². The van der Waals surface area contributed by atoms with Gasteiger partial charge in [0, 0.05) is 12.1 Å². The smallest absolute Gasteiger partial charge is 0.211 e. The van der Waals surface area contributed by atoms with Crippen LogP contribution in [0.2, 0.25) is 0 Å². The summed E-state index contributed by atoms with van der Waals surface area (Å²) in [6.07, 6.45) is -1.86. The van der Waals surface area contributed by atoms with Crippen molar-refractivity contribution in [2.75, 3.05) is 6.54 Å². The van der Waals surface area contributed by atoms with Crippen LogP contribution in [0, 0.1) is 5.92 Å². The van der Waals surface area contributed by atoms with Gasteiger partial charge in [-0.1, -0.05) is 26.0 Å². The van der Waals surface area contributed by atoms with E-state index in [-0.39, 0.29) is 10.5 Å². The van der Waals surface area contributed by atoms with Gasteiger partial charge in [-0.15, -0.1) is 0 Å². The average Bonchev–Trinajstić information content (AvgIpc) is 2.28. The third kappa shape index (κ3) is 4.34. The Labute approximate surface area is 106 Å². The summed E-state index contributed by atoms with van der Waals surface area (Å²) in [6.45, 7) is 4.33. The maximum absolute atomic E-state index is 12.3. The van der Waals surface area contributed by atoms with E-state index in [1.807, 2.05) is 13.8 Å². The van der Waals surface area contributed by atoms with Gasteiger partial charge in [-0.05, 0) is 24.5 Å². The van der Waals surface area contributed by atoms with Gasteiger partial charge in [0.1, 0.15) is 0 Å². The van der Waals surface area contributed by atoms with Crippen LogP contribution in [0.25, 0.3) is 0 Å². The third-order valence-corrected chi connectivity index (χ3v) is 3.93. The highest BCUT2D eigenvalue weighted by molar-refractivity contribution is 7.89. The second-order valence-corrected chi connectivity index (χ2v) is 6.22. The van der Waals surface area contributed by atoms with Crippen molar-refractivity contribution in [3.63, 3.8) is 0 Å². The number of sulfonamides is 1. The molecule has 0 fully saturated rings.